The molecule has 1 atom stereocenters. The Labute approximate surface area is 140 Å². The first kappa shape index (κ1) is 15.7. The largest absolute Gasteiger partial charge is 0.375 e. The van der Waals surface area contributed by atoms with Crippen LogP contribution < -0.4 is 0 Å². The summed E-state index contributed by atoms with van der Waals surface area (Å²) in [6.45, 7) is 5.07. The maximum Gasteiger partial charge on any atom is 0.252 e. The van der Waals surface area contributed by atoms with Crippen LogP contribution in [0, 0.1) is 0 Å². The summed E-state index contributed by atoms with van der Waals surface area (Å²) in [7, 11) is 1.61. The summed E-state index contributed by atoms with van der Waals surface area (Å²) in [5.41, 5.74) is -0.114. The number of ether oxygens (including phenoxy) is 1. The first-order valence-electron chi connectivity index (χ1n) is 8.53. The van der Waals surface area contributed by atoms with Crippen LogP contribution in [0.4, 0.5) is 0 Å². The second-order valence-electron chi connectivity index (χ2n) is 7.14. The van der Waals surface area contributed by atoms with Gasteiger partial charge in [-0.1, -0.05) is 10.3 Å². The van der Waals surface area contributed by atoms with Crippen LogP contribution in [0.3, 0.4) is 0 Å². The van der Waals surface area contributed by atoms with Crippen molar-refractivity contribution in [2.45, 2.75) is 57.1 Å². The van der Waals surface area contributed by atoms with Crippen molar-refractivity contribution in [1.82, 2.24) is 25.2 Å². The van der Waals surface area contributed by atoms with E-state index in [9.17, 15) is 0 Å². The van der Waals surface area contributed by atoms with Crippen LogP contribution in [0.5, 0.6) is 0 Å². The third-order valence-corrected chi connectivity index (χ3v) is 4.82. The average molecular weight is 333 g/mol. The minimum Gasteiger partial charge on any atom is -0.375 e. The molecule has 0 spiro atoms. The van der Waals surface area contributed by atoms with Gasteiger partial charge in [0.25, 0.3) is 5.89 Å². The Morgan fingerprint density at radius 1 is 1.25 bits per heavy atom. The summed E-state index contributed by atoms with van der Waals surface area (Å²) in [6, 6.07) is 0. The van der Waals surface area contributed by atoms with E-state index in [1.807, 2.05) is 0 Å². The molecule has 0 radical (unpaired) electrons. The van der Waals surface area contributed by atoms with Crippen LogP contribution in [0.15, 0.2) is 9.05 Å². The molecule has 1 aliphatic heterocycles. The quantitative estimate of drug-likeness (QED) is 0.793. The predicted molar refractivity (Wildman–Crippen MR) is 83.1 cm³/mol. The zero-order valence-corrected chi connectivity index (χ0v) is 14.2. The smallest absolute Gasteiger partial charge is 0.252 e. The van der Waals surface area contributed by atoms with Crippen LogP contribution >= 0.6 is 0 Å². The normalized spacial score (nSPS) is 25.2. The van der Waals surface area contributed by atoms with Gasteiger partial charge in [-0.05, 0) is 39.2 Å². The number of likely N-dealkylation sites (tertiary alicyclic amines) is 1. The van der Waals surface area contributed by atoms with Gasteiger partial charge in [-0.15, -0.1) is 0 Å². The van der Waals surface area contributed by atoms with Gasteiger partial charge in [0.15, 0.2) is 11.6 Å². The Morgan fingerprint density at radius 3 is 2.92 bits per heavy atom. The third-order valence-electron chi connectivity index (χ3n) is 4.82. The Bertz CT molecular complexity index is 695. The van der Waals surface area contributed by atoms with Crippen LogP contribution in [-0.2, 0) is 23.3 Å². The number of hydrogen-bond donors (Lipinski definition) is 0. The fourth-order valence-electron chi connectivity index (χ4n) is 3.38. The van der Waals surface area contributed by atoms with E-state index in [4.69, 9.17) is 13.8 Å². The molecule has 1 aliphatic carbocycles. The summed E-state index contributed by atoms with van der Waals surface area (Å²) in [4.78, 5) is 11.3. The Morgan fingerprint density at radius 2 is 2.12 bits per heavy atom. The molecule has 8 nitrogen and oxygen atoms in total. The van der Waals surface area contributed by atoms with E-state index in [0.717, 1.165) is 37.6 Å². The van der Waals surface area contributed by atoms with Crippen molar-refractivity contribution in [2.75, 3.05) is 20.2 Å². The summed E-state index contributed by atoms with van der Waals surface area (Å²) in [6.07, 6.45) is 4.50. The third kappa shape index (κ3) is 3.21. The van der Waals surface area contributed by atoms with Crippen LogP contribution in [0.2, 0.25) is 0 Å². The predicted octanol–water partition coefficient (Wildman–Crippen LogP) is 2.03. The Balaban J connectivity index is 1.43. The minimum absolute atomic E-state index is 0.114. The second-order valence-corrected chi connectivity index (χ2v) is 7.14. The van der Waals surface area contributed by atoms with E-state index in [-0.39, 0.29) is 5.41 Å². The lowest BCUT2D eigenvalue weighted by Crippen LogP contribution is -2.44. The molecule has 2 fully saturated rings. The lowest BCUT2D eigenvalue weighted by atomic mass is 9.81. The fraction of sp³-hybridized carbons (Fsp3) is 0.750. The van der Waals surface area contributed by atoms with E-state index >= 15 is 0 Å². The number of aromatic nitrogens is 4. The number of methoxy groups -OCH3 is 1. The summed E-state index contributed by atoms with van der Waals surface area (Å²) < 4.78 is 15.8. The molecule has 24 heavy (non-hydrogen) atoms. The van der Waals surface area contributed by atoms with Gasteiger partial charge in [0.05, 0.1) is 12.0 Å². The second kappa shape index (κ2) is 6.25. The van der Waals surface area contributed by atoms with Crippen LogP contribution in [0.25, 0.3) is 0 Å². The molecule has 130 valence electrons. The molecule has 8 heteroatoms. The standard InChI is InChI=1S/C16H23N5O3/c1-16(15-18-14(20-24-15)11-4-5-11)6-3-7-21(10-16)8-12-17-13(9-22-2)23-19-12/h11H,3-10H2,1-2H3. The Kier molecular flexibility index (Phi) is 4.09. The highest BCUT2D eigenvalue weighted by Gasteiger charge is 2.39. The molecule has 0 aromatic carbocycles. The van der Waals surface area contributed by atoms with E-state index in [2.05, 4.69) is 32.1 Å². The molecule has 0 N–H and O–H groups in total. The zero-order valence-electron chi connectivity index (χ0n) is 14.2. The van der Waals surface area contributed by atoms with Gasteiger partial charge in [0.2, 0.25) is 5.89 Å². The molecule has 2 aromatic rings. The molecule has 2 aromatic heterocycles. The van der Waals surface area contributed by atoms with Crippen molar-refractivity contribution < 1.29 is 13.8 Å². The van der Waals surface area contributed by atoms with Crippen molar-refractivity contribution >= 4 is 0 Å². The van der Waals surface area contributed by atoms with Gasteiger partial charge in [0.1, 0.15) is 6.61 Å². The summed E-state index contributed by atoms with van der Waals surface area (Å²) in [5, 5.41) is 8.20. The van der Waals surface area contributed by atoms with E-state index in [1.54, 1.807) is 7.11 Å². The maximum absolute atomic E-state index is 5.59. The van der Waals surface area contributed by atoms with Gasteiger partial charge in [-0.25, -0.2) is 0 Å². The number of nitrogens with zero attached hydrogens (tertiary/aromatic N) is 5. The molecular formula is C16H23N5O3. The van der Waals surface area contributed by atoms with Gasteiger partial charge >= 0.3 is 0 Å². The lowest BCUT2D eigenvalue weighted by molar-refractivity contribution is 0.121. The number of piperidine rings is 1. The van der Waals surface area contributed by atoms with E-state index in [1.165, 1.54) is 12.8 Å². The first-order valence-corrected chi connectivity index (χ1v) is 8.53. The first-order chi connectivity index (χ1) is 11.7. The SMILES string of the molecule is COCc1nc(CN2CCCC(C)(c3nc(C4CC4)no3)C2)no1. The summed E-state index contributed by atoms with van der Waals surface area (Å²) in [5.74, 6) is 3.37. The molecular weight excluding hydrogens is 310 g/mol. The zero-order chi connectivity index (χ0) is 16.6. The average Bonchev–Trinajstić information content (AvgIpc) is 3.11. The topological polar surface area (TPSA) is 90.3 Å². The molecule has 1 saturated carbocycles. The maximum atomic E-state index is 5.59. The van der Waals surface area contributed by atoms with Crippen molar-refractivity contribution in [3.8, 4) is 0 Å². The van der Waals surface area contributed by atoms with Crippen molar-refractivity contribution in [1.29, 1.82) is 0 Å². The monoisotopic (exact) mass is 333 g/mol. The van der Waals surface area contributed by atoms with Crippen molar-refractivity contribution in [2.24, 2.45) is 0 Å². The van der Waals surface area contributed by atoms with Crippen LogP contribution in [-0.4, -0.2) is 45.4 Å². The van der Waals surface area contributed by atoms with E-state index < -0.39 is 0 Å². The fourth-order valence-corrected chi connectivity index (χ4v) is 3.38. The number of hydrogen-bond acceptors (Lipinski definition) is 8. The highest BCUT2D eigenvalue weighted by molar-refractivity contribution is 5.11. The molecule has 1 unspecified atom stereocenters. The lowest BCUT2D eigenvalue weighted by Gasteiger charge is -2.37. The molecule has 0 amide bonds. The molecule has 2 aliphatic rings. The molecule has 0 bridgehead atoms. The minimum atomic E-state index is -0.114. The van der Waals surface area contributed by atoms with E-state index in [0.29, 0.717) is 30.8 Å². The summed E-state index contributed by atoms with van der Waals surface area (Å²) >= 11 is 0. The van der Waals surface area contributed by atoms with Gasteiger partial charge in [-0.3, -0.25) is 4.90 Å². The van der Waals surface area contributed by atoms with Gasteiger partial charge in [0, 0.05) is 19.6 Å². The molecule has 3 heterocycles. The number of rotatable bonds is 6. The molecule has 1 saturated heterocycles. The van der Waals surface area contributed by atoms with Crippen LogP contribution in [0.1, 0.15) is 62.0 Å². The Hall–Kier alpha value is -1.80. The van der Waals surface area contributed by atoms with Crippen molar-refractivity contribution in [3.05, 3.63) is 23.4 Å². The highest BCUT2D eigenvalue weighted by Crippen LogP contribution is 2.40. The van der Waals surface area contributed by atoms with Gasteiger partial charge < -0.3 is 13.8 Å². The van der Waals surface area contributed by atoms with Crippen molar-refractivity contribution in [3.63, 3.8) is 0 Å². The highest BCUT2D eigenvalue weighted by atomic mass is 16.5. The molecule has 4 rings (SSSR count). The van der Waals surface area contributed by atoms with Gasteiger partial charge in [-0.2, -0.15) is 9.97 Å².